The van der Waals surface area contributed by atoms with Crippen molar-refractivity contribution in [2.24, 2.45) is 0 Å². The smallest absolute Gasteiger partial charge is 0.241 e. The lowest BCUT2D eigenvalue weighted by atomic mass is 10.2. The summed E-state index contributed by atoms with van der Waals surface area (Å²) < 4.78 is 1.94. The van der Waals surface area contributed by atoms with Gasteiger partial charge in [-0.25, -0.2) is 0 Å². The maximum atomic E-state index is 11.9. The van der Waals surface area contributed by atoms with Gasteiger partial charge < -0.3 is 14.8 Å². The molecule has 2 rings (SSSR count). The Hall–Kier alpha value is -2.42. The van der Waals surface area contributed by atoms with E-state index in [1.54, 1.807) is 26.5 Å². The number of likely N-dealkylation sites (N-methyl/N-ethyl adjacent to an activating group) is 1. The van der Waals surface area contributed by atoms with Gasteiger partial charge in [-0.15, -0.1) is 10.2 Å². The van der Waals surface area contributed by atoms with Crippen molar-refractivity contribution in [3.05, 3.63) is 24.5 Å². The highest BCUT2D eigenvalue weighted by molar-refractivity contribution is 7.99. The number of carbonyl (C=O) groups is 2. The zero-order valence-electron chi connectivity index (χ0n) is 13.9. The summed E-state index contributed by atoms with van der Waals surface area (Å²) in [6.45, 7) is 2.68. The van der Waals surface area contributed by atoms with Gasteiger partial charge >= 0.3 is 0 Å². The Bertz CT molecular complexity index is 701. The van der Waals surface area contributed by atoms with Crippen LogP contribution in [0.25, 0.3) is 11.4 Å². The minimum absolute atomic E-state index is 0.00483. The molecular formula is C15H20N6O2S. The van der Waals surface area contributed by atoms with Crippen molar-refractivity contribution in [2.45, 2.75) is 18.6 Å². The third-order valence-electron chi connectivity index (χ3n) is 3.24. The van der Waals surface area contributed by atoms with E-state index < -0.39 is 0 Å². The summed E-state index contributed by atoms with van der Waals surface area (Å²) in [5.41, 5.74) is 0.923. The number of thioether (sulfide) groups is 1. The van der Waals surface area contributed by atoms with Crippen LogP contribution in [-0.4, -0.2) is 62.9 Å². The molecule has 0 fully saturated rings. The van der Waals surface area contributed by atoms with Crippen molar-refractivity contribution in [3.63, 3.8) is 0 Å². The average Bonchev–Trinajstić information content (AvgIpc) is 3.01. The van der Waals surface area contributed by atoms with Crippen LogP contribution in [-0.2, 0) is 16.1 Å². The molecule has 2 aromatic heterocycles. The molecule has 0 saturated carbocycles. The number of nitrogens with one attached hydrogen (secondary N) is 1. The fourth-order valence-electron chi connectivity index (χ4n) is 1.91. The maximum Gasteiger partial charge on any atom is 0.241 e. The highest BCUT2D eigenvalue weighted by atomic mass is 32.2. The molecule has 1 N–H and O–H groups in total. The van der Waals surface area contributed by atoms with Gasteiger partial charge in [-0.2, -0.15) is 0 Å². The lowest BCUT2D eigenvalue weighted by Crippen LogP contribution is -2.37. The number of nitrogens with zero attached hydrogens (tertiary/aromatic N) is 5. The van der Waals surface area contributed by atoms with Crippen LogP contribution >= 0.6 is 11.8 Å². The first-order valence-electron chi connectivity index (χ1n) is 7.46. The fourth-order valence-corrected chi connectivity index (χ4v) is 2.74. The summed E-state index contributed by atoms with van der Waals surface area (Å²) in [7, 11) is 3.29. The Kier molecular flexibility index (Phi) is 6.30. The first kappa shape index (κ1) is 17.9. The number of hydrogen-bond donors (Lipinski definition) is 1. The standard InChI is InChI=1S/C15H20N6O2S/c1-4-21-14(11-5-7-16-8-6-11)18-19-15(21)24-10-12(22)17-9-13(23)20(2)3/h5-8H,4,9-10H2,1-3H3,(H,17,22). The highest BCUT2D eigenvalue weighted by Gasteiger charge is 2.15. The second-order valence-electron chi connectivity index (χ2n) is 5.14. The van der Waals surface area contributed by atoms with E-state index in [1.165, 1.54) is 16.7 Å². The molecule has 0 aromatic carbocycles. The van der Waals surface area contributed by atoms with Crippen molar-refractivity contribution in [1.82, 2.24) is 30.0 Å². The van der Waals surface area contributed by atoms with E-state index in [1.807, 2.05) is 23.6 Å². The third kappa shape index (κ3) is 4.54. The number of hydrogen-bond acceptors (Lipinski definition) is 6. The normalized spacial score (nSPS) is 10.5. The van der Waals surface area contributed by atoms with Crippen LogP contribution in [0.4, 0.5) is 0 Å². The van der Waals surface area contributed by atoms with E-state index in [0.717, 1.165) is 11.4 Å². The molecular weight excluding hydrogens is 328 g/mol. The maximum absolute atomic E-state index is 11.9. The highest BCUT2D eigenvalue weighted by Crippen LogP contribution is 2.23. The van der Waals surface area contributed by atoms with E-state index >= 15 is 0 Å². The molecule has 0 aliphatic heterocycles. The summed E-state index contributed by atoms with van der Waals surface area (Å²) in [6, 6.07) is 3.73. The SMILES string of the molecule is CCn1c(SCC(=O)NCC(=O)N(C)C)nnc1-c1ccncc1. The zero-order chi connectivity index (χ0) is 17.5. The molecule has 0 aliphatic rings. The molecule has 0 atom stereocenters. The molecule has 8 nitrogen and oxygen atoms in total. The van der Waals surface area contributed by atoms with E-state index in [-0.39, 0.29) is 24.1 Å². The van der Waals surface area contributed by atoms with E-state index in [2.05, 4.69) is 20.5 Å². The van der Waals surface area contributed by atoms with Crippen LogP contribution in [0.1, 0.15) is 6.92 Å². The molecule has 0 spiro atoms. The van der Waals surface area contributed by atoms with Crippen molar-refractivity contribution in [2.75, 3.05) is 26.4 Å². The van der Waals surface area contributed by atoms with Crippen LogP contribution in [0.15, 0.2) is 29.7 Å². The molecule has 0 unspecified atom stereocenters. The minimum atomic E-state index is -0.216. The molecule has 0 bridgehead atoms. The fraction of sp³-hybridized carbons (Fsp3) is 0.400. The summed E-state index contributed by atoms with van der Waals surface area (Å²) in [5.74, 6) is 0.553. The second-order valence-corrected chi connectivity index (χ2v) is 6.08. The van der Waals surface area contributed by atoms with Crippen molar-refractivity contribution in [3.8, 4) is 11.4 Å². The van der Waals surface area contributed by atoms with Crippen molar-refractivity contribution < 1.29 is 9.59 Å². The number of carbonyl (C=O) groups excluding carboxylic acids is 2. The predicted octanol–water partition coefficient (Wildman–Crippen LogP) is 0.657. The van der Waals surface area contributed by atoms with Crippen LogP contribution in [0, 0.1) is 0 Å². The lowest BCUT2D eigenvalue weighted by Gasteiger charge is -2.11. The van der Waals surface area contributed by atoms with Crippen molar-refractivity contribution in [1.29, 1.82) is 0 Å². The average molecular weight is 348 g/mol. The third-order valence-corrected chi connectivity index (χ3v) is 4.21. The van der Waals surface area contributed by atoms with Gasteiger partial charge in [0.15, 0.2) is 11.0 Å². The lowest BCUT2D eigenvalue weighted by molar-refractivity contribution is -0.130. The monoisotopic (exact) mass is 348 g/mol. The minimum Gasteiger partial charge on any atom is -0.347 e. The van der Waals surface area contributed by atoms with Crippen LogP contribution in [0.2, 0.25) is 0 Å². The van der Waals surface area contributed by atoms with Gasteiger partial charge in [0.25, 0.3) is 0 Å². The topological polar surface area (TPSA) is 93.0 Å². The van der Waals surface area contributed by atoms with Crippen LogP contribution in [0.5, 0.6) is 0 Å². The molecule has 2 heterocycles. The molecule has 24 heavy (non-hydrogen) atoms. The summed E-state index contributed by atoms with van der Waals surface area (Å²) in [6.07, 6.45) is 3.40. The van der Waals surface area contributed by atoms with E-state index in [4.69, 9.17) is 0 Å². The number of aromatic nitrogens is 4. The van der Waals surface area contributed by atoms with Gasteiger partial charge in [0.1, 0.15) is 0 Å². The number of amides is 2. The van der Waals surface area contributed by atoms with E-state index in [0.29, 0.717) is 11.7 Å². The molecule has 0 aliphatic carbocycles. The van der Waals surface area contributed by atoms with Crippen molar-refractivity contribution >= 4 is 23.6 Å². The van der Waals surface area contributed by atoms with Gasteiger partial charge in [-0.1, -0.05) is 11.8 Å². The molecule has 128 valence electrons. The summed E-state index contributed by atoms with van der Waals surface area (Å²) in [4.78, 5) is 28.7. The van der Waals surface area contributed by atoms with Crippen LogP contribution < -0.4 is 5.32 Å². The molecule has 0 saturated heterocycles. The van der Waals surface area contributed by atoms with Gasteiger partial charge in [-0.3, -0.25) is 14.6 Å². The Morgan fingerprint density at radius 2 is 1.96 bits per heavy atom. The molecule has 0 radical (unpaired) electrons. The first-order chi connectivity index (χ1) is 11.5. The zero-order valence-corrected chi connectivity index (χ0v) is 14.7. The van der Waals surface area contributed by atoms with Gasteiger partial charge in [0.05, 0.1) is 12.3 Å². The Morgan fingerprint density at radius 3 is 2.58 bits per heavy atom. The Morgan fingerprint density at radius 1 is 1.25 bits per heavy atom. The van der Waals surface area contributed by atoms with E-state index in [9.17, 15) is 9.59 Å². The number of pyridine rings is 1. The molecule has 9 heteroatoms. The summed E-state index contributed by atoms with van der Waals surface area (Å²) >= 11 is 1.29. The molecule has 2 aromatic rings. The first-order valence-corrected chi connectivity index (χ1v) is 8.44. The Labute approximate surface area is 144 Å². The molecule has 2 amide bonds. The second kappa shape index (κ2) is 8.44. The van der Waals surface area contributed by atoms with Gasteiger partial charge in [0, 0.05) is 38.6 Å². The largest absolute Gasteiger partial charge is 0.347 e. The van der Waals surface area contributed by atoms with Crippen LogP contribution in [0.3, 0.4) is 0 Å². The van der Waals surface area contributed by atoms with Gasteiger partial charge in [-0.05, 0) is 19.1 Å². The predicted molar refractivity (Wildman–Crippen MR) is 91.4 cm³/mol. The van der Waals surface area contributed by atoms with Gasteiger partial charge in [0.2, 0.25) is 11.8 Å². The quantitative estimate of drug-likeness (QED) is 0.739. The number of rotatable bonds is 7. The summed E-state index contributed by atoms with van der Waals surface area (Å²) in [5, 5.41) is 11.6. The Balaban J connectivity index is 1.97.